The molecule has 12 heavy (non-hydrogen) atoms. The van der Waals surface area contributed by atoms with E-state index in [1.165, 1.54) is 0 Å². The van der Waals surface area contributed by atoms with Crippen molar-refractivity contribution in [3.63, 3.8) is 0 Å². The normalized spacial score (nSPS) is 20.8. The summed E-state index contributed by atoms with van der Waals surface area (Å²) in [5.74, 6) is -2.65. The fourth-order valence-corrected chi connectivity index (χ4v) is 0.986. The van der Waals surface area contributed by atoms with Crippen molar-refractivity contribution < 1.29 is 20.1 Å². The molecule has 0 aromatic rings. The minimum atomic E-state index is -1.02. The van der Waals surface area contributed by atoms with E-state index in [1.807, 2.05) is 0 Å². The van der Waals surface area contributed by atoms with E-state index in [2.05, 4.69) is 0 Å². The van der Waals surface area contributed by atoms with E-state index in [9.17, 15) is 4.79 Å². The van der Waals surface area contributed by atoms with E-state index >= 15 is 0 Å². The van der Waals surface area contributed by atoms with Crippen LogP contribution in [0.2, 0.25) is 0 Å². The summed E-state index contributed by atoms with van der Waals surface area (Å²) in [6.45, 7) is 0. The third-order valence-corrected chi connectivity index (χ3v) is 1.97. The molecule has 0 aromatic carbocycles. The molecule has 1 radical (unpaired) electrons. The number of aliphatic hydroxyl groups excluding tert-OH is 3. The van der Waals surface area contributed by atoms with E-state index < -0.39 is 33.5 Å². The molecule has 65 valence electrons. The first-order chi connectivity index (χ1) is 5.46. The molecule has 3 N–H and O–H groups in total. The number of ketones is 1. The average molecular weight is 210 g/mol. The molecule has 0 amide bonds. The molecule has 0 aromatic heterocycles. The van der Waals surface area contributed by atoms with Gasteiger partial charge in [0.2, 0.25) is 11.9 Å². The van der Waals surface area contributed by atoms with Crippen LogP contribution in [-0.2, 0) is 4.79 Å². The smallest absolute Gasteiger partial charge is 0.219 e. The lowest BCUT2D eigenvalue weighted by Crippen LogP contribution is -2.20. The highest BCUT2D eigenvalue weighted by atomic mass is 35.5. The summed E-state index contributed by atoms with van der Waals surface area (Å²) in [5.41, 5.74) is 0. The van der Waals surface area contributed by atoms with E-state index in [-0.39, 0.29) is 0 Å². The summed E-state index contributed by atoms with van der Waals surface area (Å²) >= 11 is 10.5. The van der Waals surface area contributed by atoms with Gasteiger partial charge in [-0.05, 0) is 0 Å². The third kappa shape index (κ3) is 1.18. The zero-order valence-electron chi connectivity index (χ0n) is 5.51. The summed E-state index contributed by atoms with van der Waals surface area (Å²) in [6.07, 6.45) is -0.878. The highest BCUT2D eigenvalue weighted by molar-refractivity contribution is 6.48. The first-order valence-corrected chi connectivity index (χ1v) is 3.51. The largest absolute Gasteiger partial charge is 0.503 e. The van der Waals surface area contributed by atoms with Gasteiger partial charge in [0.1, 0.15) is 10.1 Å². The van der Waals surface area contributed by atoms with Crippen molar-refractivity contribution in [3.8, 4) is 0 Å². The van der Waals surface area contributed by atoms with Gasteiger partial charge in [-0.1, -0.05) is 23.2 Å². The molecule has 0 atom stereocenters. The minimum absolute atomic E-state index is 0.609. The first kappa shape index (κ1) is 9.38. The van der Waals surface area contributed by atoms with Gasteiger partial charge < -0.3 is 15.3 Å². The van der Waals surface area contributed by atoms with E-state index in [4.69, 9.17) is 38.5 Å². The summed E-state index contributed by atoms with van der Waals surface area (Å²) in [4.78, 5) is 10.8. The van der Waals surface area contributed by atoms with Gasteiger partial charge >= 0.3 is 0 Å². The lowest BCUT2D eigenvalue weighted by Gasteiger charge is -2.14. The van der Waals surface area contributed by atoms with Crippen LogP contribution in [0.15, 0.2) is 21.6 Å². The van der Waals surface area contributed by atoms with Gasteiger partial charge in [-0.15, -0.1) is 0 Å². The van der Waals surface area contributed by atoms with Crippen molar-refractivity contribution in [3.05, 3.63) is 27.7 Å². The number of aliphatic hydroxyl groups is 3. The van der Waals surface area contributed by atoms with Crippen molar-refractivity contribution in [2.24, 2.45) is 0 Å². The number of rotatable bonds is 0. The summed E-state index contributed by atoms with van der Waals surface area (Å²) in [5, 5.41) is 25.5. The van der Waals surface area contributed by atoms with Crippen LogP contribution in [0.5, 0.6) is 0 Å². The Kier molecular flexibility index (Phi) is 2.32. The number of carbonyl (C=O) groups is 1. The van der Waals surface area contributed by atoms with Crippen LogP contribution in [0, 0.1) is 6.10 Å². The van der Waals surface area contributed by atoms with E-state index in [0.717, 1.165) is 0 Å². The maximum atomic E-state index is 10.8. The highest BCUT2D eigenvalue weighted by Gasteiger charge is 2.35. The summed E-state index contributed by atoms with van der Waals surface area (Å²) in [6, 6.07) is 0. The van der Waals surface area contributed by atoms with Crippen molar-refractivity contribution in [2.75, 3.05) is 0 Å². The maximum Gasteiger partial charge on any atom is 0.219 e. The van der Waals surface area contributed by atoms with Crippen molar-refractivity contribution in [1.82, 2.24) is 0 Å². The van der Waals surface area contributed by atoms with Gasteiger partial charge in [-0.25, -0.2) is 0 Å². The molecule has 1 rings (SSSR count). The Morgan fingerprint density at radius 3 is 1.83 bits per heavy atom. The number of Topliss-reactive ketones (excluding diaryl/α,β-unsaturated/α-hetero) is 1. The van der Waals surface area contributed by atoms with Crippen molar-refractivity contribution in [1.29, 1.82) is 0 Å². The van der Waals surface area contributed by atoms with Gasteiger partial charge in [-0.2, -0.15) is 0 Å². The highest BCUT2D eigenvalue weighted by Crippen LogP contribution is 2.33. The summed E-state index contributed by atoms with van der Waals surface area (Å²) in [7, 11) is 0. The molecule has 6 heteroatoms. The number of hydrogen-bond acceptors (Lipinski definition) is 4. The fourth-order valence-electron chi connectivity index (χ4n) is 0.631. The molecule has 0 saturated carbocycles. The Labute approximate surface area is 77.3 Å². The van der Waals surface area contributed by atoms with Crippen LogP contribution in [0.1, 0.15) is 0 Å². The molecule has 0 unspecified atom stereocenters. The molecule has 4 nitrogen and oxygen atoms in total. The Morgan fingerprint density at radius 2 is 1.33 bits per heavy atom. The van der Waals surface area contributed by atoms with Crippen LogP contribution in [0.4, 0.5) is 0 Å². The lowest BCUT2D eigenvalue weighted by atomic mass is 10.1. The number of carbonyl (C=O) groups excluding carboxylic acids is 1. The van der Waals surface area contributed by atoms with Crippen LogP contribution < -0.4 is 0 Å². The van der Waals surface area contributed by atoms with Crippen LogP contribution in [0.25, 0.3) is 0 Å². The zero-order valence-corrected chi connectivity index (χ0v) is 7.02. The van der Waals surface area contributed by atoms with Gasteiger partial charge in [0.25, 0.3) is 0 Å². The first-order valence-electron chi connectivity index (χ1n) is 2.75. The van der Waals surface area contributed by atoms with Crippen LogP contribution in [-0.4, -0.2) is 21.1 Å². The Bertz CT molecular complexity index is 305. The Morgan fingerprint density at radius 1 is 0.917 bits per heavy atom. The fraction of sp³-hybridized carbons (Fsp3) is 0. The van der Waals surface area contributed by atoms with E-state index in [1.54, 1.807) is 0 Å². The number of halogens is 2. The van der Waals surface area contributed by atoms with Gasteiger partial charge in [0.15, 0.2) is 11.5 Å². The second-order valence-corrected chi connectivity index (χ2v) is 2.76. The predicted octanol–water partition coefficient (Wildman–Crippen LogP) is 1.49. The lowest BCUT2D eigenvalue weighted by molar-refractivity contribution is -0.116. The van der Waals surface area contributed by atoms with Gasteiger partial charge in [0.05, 0.1) is 0 Å². The van der Waals surface area contributed by atoms with Crippen LogP contribution in [0.3, 0.4) is 0 Å². The standard InChI is InChI=1S/C6H3Cl2O4/c7-1-3(9)5(11)2(8)6(12)4(1)10/h9-11H. The Hall–Kier alpha value is -0.710. The minimum Gasteiger partial charge on any atom is -0.503 e. The zero-order chi connectivity index (χ0) is 9.46. The van der Waals surface area contributed by atoms with Crippen molar-refractivity contribution in [2.45, 2.75) is 0 Å². The molecule has 0 saturated heterocycles. The molecular formula is C6H3Cl2O4. The molecule has 1 aliphatic carbocycles. The topological polar surface area (TPSA) is 77.8 Å². The average Bonchev–Trinajstić information content (AvgIpc) is 2.08. The number of hydrogen-bond donors (Lipinski definition) is 3. The Balaban J connectivity index is 3.27. The van der Waals surface area contributed by atoms with E-state index in [0.29, 0.717) is 0 Å². The second kappa shape index (κ2) is 2.97. The van der Waals surface area contributed by atoms with Gasteiger partial charge in [-0.3, -0.25) is 4.79 Å². The quantitative estimate of drug-likeness (QED) is 0.565. The molecule has 0 spiro atoms. The predicted molar refractivity (Wildman–Crippen MR) is 41.2 cm³/mol. The molecule has 1 aliphatic rings. The van der Waals surface area contributed by atoms with Crippen LogP contribution >= 0.6 is 23.2 Å². The second-order valence-electron chi connectivity index (χ2n) is 2.00. The molecular weight excluding hydrogens is 207 g/mol. The SMILES string of the molecule is O=C1[C](O)C(Cl)=C(O)C(O)=C1Cl. The monoisotopic (exact) mass is 209 g/mol. The maximum absolute atomic E-state index is 10.8. The van der Waals surface area contributed by atoms with Crippen molar-refractivity contribution >= 4 is 29.0 Å². The summed E-state index contributed by atoms with van der Waals surface area (Å²) < 4.78 is 0. The molecule has 0 heterocycles. The molecule has 0 aliphatic heterocycles. The van der Waals surface area contributed by atoms with Gasteiger partial charge in [0, 0.05) is 0 Å². The molecule has 0 bridgehead atoms. The molecule has 0 fully saturated rings. The third-order valence-electron chi connectivity index (χ3n) is 1.26.